The first kappa shape index (κ1) is 14.9. The van der Waals surface area contributed by atoms with Crippen LogP contribution in [0.25, 0.3) is 0 Å². The predicted octanol–water partition coefficient (Wildman–Crippen LogP) is 1.90. The topological polar surface area (TPSA) is 88.5 Å². The Morgan fingerprint density at radius 2 is 2.25 bits per heavy atom. The molecule has 6 nitrogen and oxygen atoms in total. The quantitative estimate of drug-likeness (QED) is 0.886. The van der Waals surface area contributed by atoms with Gasteiger partial charge in [-0.2, -0.15) is 0 Å². The third-order valence-corrected chi connectivity index (χ3v) is 4.75. The van der Waals surface area contributed by atoms with Crippen LogP contribution in [0.4, 0.5) is 0 Å². The van der Waals surface area contributed by atoms with E-state index in [0.717, 1.165) is 17.8 Å². The van der Waals surface area contributed by atoms with Crippen LogP contribution in [0.15, 0.2) is 0 Å². The number of thiazole rings is 1. The van der Waals surface area contributed by atoms with E-state index in [0.29, 0.717) is 23.7 Å². The van der Waals surface area contributed by atoms with E-state index in [4.69, 9.17) is 9.84 Å². The third kappa shape index (κ3) is 2.83. The number of ether oxygens (including phenoxy) is 1. The number of carboxylic acids is 1. The molecule has 0 aliphatic carbocycles. The van der Waals surface area contributed by atoms with E-state index in [1.807, 2.05) is 0 Å². The van der Waals surface area contributed by atoms with Crippen LogP contribution in [0, 0.1) is 6.92 Å². The number of carbonyl (C=O) groups is 2. The Kier molecular flexibility index (Phi) is 4.10. The molecule has 2 rings (SSSR count). The summed E-state index contributed by atoms with van der Waals surface area (Å²) >= 11 is 1.09. The van der Waals surface area contributed by atoms with E-state index >= 15 is 0 Å². The average Bonchev–Trinajstić information content (AvgIpc) is 2.96. The number of carbonyl (C=O) groups excluding carboxylic acids is 1. The largest absolute Gasteiger partial charge is 0.477 e. The summed E-state index contributed by atoms with van der Waals surface area (Å²) in [7, 11) is 0. The second-order valence-electron chi connectivity index (χ2n) is 5.15. The van der Waals surface area contributed by atoms with Gasteiger partial charge in [-0.25, -0.2) is 9.78 Å². The molecule has 1 aromatic rings. The highest BCUT2D eigenvalue weighted by Crippen LogP contribution is 2.28. The van der Waals surface area contributed by atoms with Crippen molar-refractivity contribution in [1.82, 2.24) is 10.3 Å². The summed E-state index contributed by atoms with van der Waals surface area (Å²) in [5, 5.41) is 12.5. The number of nitrogens with zero attached hydrogens (tertiary/aromatic N) is 1. The van der Waals surface area contributed by atoms with Crippen LogP contribution >= 0.6 is 11.3 Å². The predicted molar refractivity (Wildman–Crippen MR) is 74.0 cm³/mol. The number of aryl methyl sites for hydroxylation is 1. The number of amides is 1. The molecule has 1 saturated heterocycles. The minimum atomic E-state index is -0.990. The third-order valence-electron chi connectivity index (χ3n) is 3.42. The normalized spacial score (nSPS) is 23.6. The molecule has 20 heavy (non-hydrogen) atoms. The molecule has 2 heterocycles. The zero-order valence-corrected chi connectivity index (χ0v) is 12.5. The lowest BCUT2D eigenvalue weighted by atomic mass is 10.0. The van der Waals surface area contributed by atoms with Crippen LogP contribution in [-0.2, 0) is 9.53 Å². The van der Waals surface area contributed by atoms with Crippen molar-refractivity contribution >= 4 is 23.2 Å². The number of aromatic nitrogens is 1. The minimum absolute atomic E-state index is 0.174. The molecule has 0 saturated carbocycles. The van der Waals surface area contributed by atoms with Gasteiger partial charge in [0.25, 0.3) is 5.91 Å². The maximum Gasteiger partial charge on any atom is 0.347 e. The second kappa shape index (κ2) is 5.49. The highest BCUT2D eigenvalue weighted by Gasteiger charge is 2.38. The van der Waals surface area contributed by atoms with E-state index in [2.05, 4.69) is 10.3 Å². The van der Waals surface area contributed by atoms with E-state index in [-0.39, 0.29) is 16.8 Å². The zero-order chi connectivity index (χ0) is 14.9. The number of hydrogen-bond acceptors (Lipinski definition) is 5. The summed E-state index contributed by atoms with van der Waals surface area (Å²) in [4.78, 5) is 27.6. The van der Waals surface area contributed by atoms with Crippen molar-refractivity contribution in [3.05, 3.63) is 15.6 Å². The van der Waals surface area contributed by atoms with Gasteiger partial charge in [0.05, 0.1) is 11.7 Å². The molecule has 0 radical (unpaired) electrons. The molecule has 1 aliphatic rings. The SMILES string of the molecule is Cc1nc(C(C)NC(=O)C2(C)CCCO2)sc1C(=O)O. The first-order valence-electron chi connectivity index (χ1n) is 6.49. The lowest BCUT2D eigenvalue weighted by molar-refractivity contribution is -0.140. The van der Waals surface area contributed by atoms with Crippen molar-refractivity contribution in [2.45, 2.75) is 45.3 Å². The Balaban J connectivity index is 2.08. The van der Waals surface area contributed by atoms with Crippen molar-refractivity contribution in [2.75, 3.05) is 6.61 Å². The number of hydrogen-bond donors (Lipinski definition) is 2. The number of carboxylic acid groups (broad SMARTS) is 1. The summed E-state index contributed by atoms with van der Waals surface area (Å²) in [5.74, 6) is -1.16. The molecule has 7 heteroatoms. The summed E-state index contributed by atoms with van der Waals surface area (Å²) in [6, 6.07) is -0.333. The van der Waals surface area contributed by atoms with Crippen LogP contribution in [0.1, 0.15) is 53.1 Å². The van der Waals surface area contributed by atoms with Crippen LogP contribution in [0.2, 0.25) is 0 Å². The number of nitrogens with one attached hydrogen (secondary N) is 1. The Morgan fingerprint density at radius 1 is 1.55 bits per heavy atom. The van der Waals surface area contributed by atoms with Crippen molar-refractivity contribution in [2.24, 2.45) is 0 Å². The van der Waals surface area contributed by atoms with Crippen molar-refractivity contribution in [3.63, 3.8) is 0 Å². The van der Waals surface area contributed by atoms with E-state index in [9.17, 15) is 9.59 Å². The molecule has 2 atom stereocenters. The van der Waals surface area contributed by atoms with Gasteiger partial charge in [0.1, 0.15) is 15.5 Å². The average molecular weight is 298 g/mol. The van der Waals surface area contributed by atoms with Gasteiger partial charge in [-0.3, -0.25) is 4.79 Å². The monoisotopic (exact) mass is 298 g/mol. The fourth-order valence-electron chi connectivity index (χ4n) is 2.17. The first-order valence-corrected chi connectivity index (χ1v) is 7.30. The van der Waals surface area contributed by atoms with Crippen molar-refractivity contribution < 1.29 is 19.4 Å². The van der Waals surface area contributed by atoms with Gasteiger partial charge in [-0.05, 0) is 33.6 Å². The zero-order valence-electron chi connectivity index (χ0n) is 11.7. The lowest BCUT2D eigenvalue weighted by Gasteiger charge is -2.24. The first-order chi connectivity index (χ1) is 9.33. The molecule has 1 fully saturated rings. The lowest BCUT2D eigenvalue weighted by Crippen LogP contribution is -2.44. The number of aromatic carboxylic acids is 1. The summed E-state index contributed by atoms with van der Waals surface area (Å²) < 4.78 is 5.48. The maximum atomic E-state index is 12.2. The van der Waals surface area contributed by atoms with E-state index < -0.39 is 11.6 Å². The molecular weight excluding hydrogens is 280 g/mol. The van der Waals surface area contributed by atoms with E-state index in [1.54, 1.807) is 20.8 Å². The molecule has 0 spiro atoms. The summed E-state index contributed by atoms with van der Waals surface area (Å²) in [5.41, 5.74) is -0.308. The van der Waals surface area contributed by atoms with E-state index in [1.165, 1.54) is 0 Å². The van der Waals surface area contributed by atoms with Gasteiger partial charge in [-0.1, -0.05) is 0 Å². The van der Waals surface area contributed by atoms with Gasteiger partial charge < -0.3 is 15.2 Å². The van der Waals surface area contributed by atoms with Gasteiger partial charge in [0, 0.05) is 6.61 Å². The fourth-order valence-corrected chi connectivity index (χ4v) is 3.08. The molecule has 1 amide bonds. The minimum Gasteiger partial charge on any atom is -0.477 e. The number of rotatable bonds is 4. The van der Waals surface area contributed by atoms with Crippen LogP contribution in [0.3, 0.4) is 0 Å². The maximum absolute atomic E-state index is 12.2. The summed E-state index contributed by atoms with van der Waals surface area (Å²) in [6.07, 6.45) is 1.57. The van der Waals surface area contributed by atoms with Gasteiger partial charge in [0.15, 0.2) is 0 Å². The van der Waals surface area contributed by atoms with Crippen molar-refractivity contribution in [3.8, 4) is 0 Å². The molecule has 0 aromatic carbocycles. The standard InChI is InChI=1S/C13H18N2O4S/c1-7-9(11(16)17)20-10(14-7)8(2)15-12(18)13(3)5-4-6-19-13/h8H,4-6H2,1-3H3,(H,15,18)(H,16,17). The molecule has 1 aliphatic heterocycles. The molecule has 110 valence electrons. The Labute approximate surface area is 121 Å². The molecular formula is C13H18N2O4S. The van der Waals surface area contributed by atoms with Gasteiger partial charge >= 0.3 is 5.97 Å². The fraction of sp³-hybridized carbons (Fsp3) is 0.615. The van der Waals surface area contributed by atoms with Gasteiger partial charge in [0.2, 0.25) is 0 Å². The molecule has 1 aromatic heterocycles. The Morgan fingerprint density at radius 3 is 2.75 bits per heavy atom. The van der Waals surface area contributed by atoms with Crippen LogP contribution in [-0.4, -0.2) is 34.2 Å². The summed E-state index contributed by atoms with van der Waals surface area (Å²) in [6.45, 7) is 5.81. The Bertz CT molecular complexity index is 534. The highest BCUT2D eigenvalue weighted by atomic mass is 32.1. The highest BCUT2D eigenvalue weighted by molar-refractivity contribution is 7.13. The Hall–Kier alpha value is -1.47. The van der Waals surface area contributed by atoms with Crippen LogP contribution < -0.4 is 5.32 Å². The van der Waals surface area contributed by atoms with Crippen molar-refractivity contribution in [1.29, 1.82) is 0 Å². The molecule has 0 bridgehead atoms. The van der Waals surface area contributed by atoms with Gasteiger partial charge in [-0.15, -0.1) is 11.3 Å². The van der Waals surface area contributed by atoms with Crippen LogP contribution in [0.5, 0.6) is 0 Å². The molecule has 2 N–H and O–H groups in total. The smallest absolute Gasteiger partial charge is 0.347 e. The second-order valence-corrected chi connectivity index (χ2v) is 6.18. The molecule has 2 unspecified atom stereocenters.